The van der Waals surface area contributed by atoms with E-state index in [0.717, 1.165) is 5.92 Å². The van der Waals surface area contributed by atoms with Crippen LogP contribution in [0.2, 0.25) is 0 Å². The molecule has 24 heteroatoms. The molecule has 318 valence electrons. The van der Waals surface area contributed by atoms with Crippen molar-refractivity contribution >= 4 is 150 Å². The molecule has 1 saturated carbocycles. The lowest BCUT2D eigenvalue weighted by Gasteiger charge is -2.37. The van der Waals surface area contributed by atoms with Crippen molar-refractivity contribution in [1.29, 1.82) is 0 Å². The van der Waals surface area contributed by atoms with Crippen LogP contribution in [0, 0.1) is 5.92 Å². The van der Waals surface area contributed by atoms with E-state index in [1.165, 1.54) is 44.3 Å². The predicted molar refractivity (Wildman–Crippen MR) is 262 cm³/mol. The molecule has 0 radical (unpaired) electrons. The largest absolute Gasteiger partial charge is 0.514 e. The highest BCUT2D eigenvalue weighted by atomic mass is 33.7. The van der Waals surface area contributed by atoms with Crippen molar-refractivity contribution in [3.63, 3.8) is 0 Å². The molecular formula is C29H64O9S12Si3. The molecule has 0 aromatic heterocycles. The van der Waals surface area contributed by atoms with Gasteiger partial charge in [0.15, 0.2) is 4.27 Å². The van der Waals surface area contributed by atoms with Crippen LogP contribution in [0.15, 0.2) is 0 Å². The number of hydrogen-bond donors (Lipinski definition) is 0. The van der Waals surface area contributed by atoms with Crippen LogP contribution in [0.25, 0.3) is 0 Å². The molecule has 0 amide bonds. The molecule has 1 aliphatic rings. The highest BCUT2D eigenvalue weighted by Crippen LogP contribution is 2.60. The SMILES string of the molecule is CCO[Si](CSSSSC(C)(O[Si](CSSSSCCC1CCCCC1)(OCC)OCC)SSSSC[Si](OCC)(OCC)OCC)(OCC)OCC. The van der Waals surface area contributed by atoms with Crippen LogP contribution in [-0.2, 0) is 39.8 Å². The van der Waals surface area contributed by atoms with Gasteiger partial charge in [-0.25, -0.2) is 0 Å². The van der Waals surface area contributed by atoms with Gasteiger partial charge in [-0.1, -0.05) is 75.3 Å². The Hall–Kier alpha value is 4.49. The molecular weight excluding hydrogens is 961 g/mol. The summed E-state index contributed by atoms with van der Waals surface area (Å²) in [4.78, 5) is 0. The summed E-state index contributed by atoms with van der Waals surface area (Å²) in [7, 11) is 12.4. The van der Waals surface area contributed by atoms with Gasteiger partial charge in [0.25, 0.3) is 0 Å². The zero-order valence-corrected chi connectivity index (χ0v) is 45.7. The van der Waals surface area contributed by atoms with Gasteiger partial charge >= 0.3 is 26.4 Å². The van der Waals surface area contributed by atoms with Gasteiger partial charge in [-0.3, -0.25) is 0 Å². The quantitative estimate of drug-likeness (QED) is 0.0254. The van der Waals surface area contributed by atoms with E-state index in [1.807, 2.05) is 85.8 Å². The summed E-state index contributed by atoms with van der Waals surface area (Å²) in [6, 6.07) is 0. The minimum absolute atomic E-state index is 0.527. The molecule has 0 unspecified atom stereocenters. The lowest BCUT2D eigenvalue weighted by molar-refractivity contribution is 0.0603. The minimum atomic E-state index is -3.07. The van der Waals surface area contributed by atoms with E-state index in [-0.39, 0.29) is 0 Å². The second kappa shape index (κ2) is 35.0. The Bertz CT molecular complexity index is 794. The summed E-state index contributed by atoms with van der Waals surface area (Å²) >= 11 is 0. The van der Waals surface area contributed by atoms with Gasteiger partial charge in [0.1, 0.15) is 0 Å². The van der Waals surface area contributed by atoms with E-state index in [4.69, 9.17) is 39.8 Å². The van der Waals surface area contributed by atoms with Crippen molar-refractivity contribution in [2.75, 3.05) is 74.7 Å². The van der Waals surface area contributed by atoms with E-state index < -0.39 is 30.7 Å². The molecule has 1 fully saturated rings. The van der Waals surface area contributed by atoms with Gasteiger partial charge in [-0.15, -0.1) is 0 Å². The van der Waals surface area contributed by atoms with Crippen LogP contribution in [0.4, 0.5) is 0 Å². The lowest BCUT2D eigenvalue weighted by atomic mass is 9.88. The van der Waals surface area contributed by atoms with Crippen LogP contribution in [0.1, 0.15) is 101 Å². The van der Waals surface area contributed by atoms with E-state index in [0.29, 0.717) is 69.0 Å². The Morgan fingerprint density at radius 2 is 0.792 bits per heavy atom. The number of hydrogen-bond acceptors (Lipinski definition) is 21. The molecule has 0 aliphatic heterocycles. The summed E-state index contributed by atoms with van der Waals surface area (Å²) in [6.45, 7) is 22.5. The molecule has 0 aromatic carbocycles. The zero-order valence-electron chi connectivity index (χ0n) is 32.9. The van der Waals surface area contributed by atoms with E-state index in [2.05, 4.69) is 6.92 Å². The molecule has 0 saturated heterocycles. The maximum Gasteiger partial charge on any atom is 0.514 e. The summed E-state index contributed by atoms with van der Waals surface area (Å²) in [5.74, 6) is 2.12. The fraction of sp³-hybridized carbons (Fsp3) is 1.00. The fourth-order valence-electron chi connectivity index (χ4n) is 5.05. The van der Waals surface area contributed by atoms with Crippen molar-refractivity contribution < 1.29 is 39.8 Å². The summed E-state index contributed by atoms with van der Waals surface area (Å²) < 4.78 is 55.7. The average molecular weight is 1030 g/mol. The second-order valence-electron chi connectivity index (χ2n) is 11.0. The Morgan fingerprint density at radius 3 is 1.19 bits per heavy atom. The van der Waals surface area contributed by atoms with Crippen molar-refractivity contribution in [1.82, 2.24) is 0 Å². The van der Waals surface area contributed by atoms with Crippen molar-refractivity contribution in [3.05, 3.63) is 0 Å². The van der Waals surface area contributed by atoms with E-state index in [1.54, 1.807) is 93.3 Å². The van der Waals surface area contributed by atoms with E-state index >= 15 is 0 Å². The third kappa shape index (κ3) is 25.3. The van der Waals surface area contributed by atoms with Crippen LogP contribution >= 0.6 is 124 Å². The third-order valence-electron chi connectivity index (χ3n) is 6.94. The Balaban J connectivity index is 2.95. The molecule has 1 aliphatic carbocycles. The zero-order chi connectivity index (χ0) is 39.2. The summed E-state index contributed by atoms with van der Waals surface area (Å²) in [6.07, 6.45) is 8.38. The smallest absolute Gasteiger partial charge is 0.373 e. The van der Waals surface area contributed by atoms with Gasteiger partial charge in [-0.05, 0) is 155 Å². The van der Waals surface area contributed by atoms with Gasteiger partial charge in [0.05, 0.1) is 16.1 Å². The van der Waals surface area contributed by atoms with Crippen LogP contribution in [-0.4, -0.2) is 105 Å². The minimum Gasteiger partial charge on any atom is -0.373 e. The van der Waals surface area contributed by atoms with Crippen molar-refractivity contribution in [3.8, 4) is 0 Å². The maximum atomic E-state index is 7.09. The predicted octanol–water partition coefficient (Wildman–Crippen LogP) is 13.4. The first-order valence-corrected chi connectivity index (χ1v) is 39.3. The highest BCUT2D eigenvalue weighted by Gasteiger charge is 2.49. The Morgan fingerprint density at radius 1 is 0.453 bits per heavy atom. The first-order valence-electron chi connectivity index (χ1n) is 18.4. The summed E-state index contributed by atoms with van der Waals surface area (Å²) in [5.41, 5.74) is 0. The molecule has 1 rings (SSSR count). The standard InChI is InChI=1S/C29H64O9S12Si3/c1-10-30-51(31-11-2,32-12-3)25-40-47-49-43-29(9,44-50-48-41-26-52(33-13-4,34-14-5)35-15-6)38-53(36-16-7,37-17-8)27-42-46-45-39-24-23-28-21-19-18-20-22-28/h28H,10-27H2,1-9H3. The fourth-order valence-corrected chi connectivity index (χ4v) is 41.7. The third-order valence-corrected chi connectivity index (χ3v) is 40.8. The van der Waals surface area contributed by atoms with Crippen molar-refractivity contribution in [2.24, 2.45) is 5.92 Å². The molecule has 0 heterocycles. The molecule has 53 heavy (non-hydrogen) atoms. The molecule has 0 N–H and O–H groups in total. The van der Waals surface area contributed by atoms with Crippen molar-refractivity contribution in [2.45, 2.75) is 105 Å². The molecule has 0 atom stereocenters. The molecule has 9 nitrogen and oxygen atoms in total. The van der Waals surface area contributed by atoms with Crippen LogP contribution in [0.5, 0.6) is 0 Å². The Kier molecular flexibility index (Phi) is 36.7. The maximum absolute atomic E-state index is 7.09. The lowest BCUT2D eigenvalue weighted by Crippen LogP contribution is -2.52. The summed E-state index contributed by atoms with van der Waals surface area (Å²) in [5, 5.41) is 2.00. The topological polar surface area (TPSA) is 83.1 Å². The first kappa shape index (κ1) is 55.5. The van der Waals surface area contributed by atoms with Gasteiger partial charge in [-0.2, -0.15) is 0 Å². The van der Waals surface area contributed by atoms with Crippen LogP contribution in [0.3, 0.4) is 0 Å². The highest BCUT2D eigenvalue weighted by molar-refractivity contribution is 9.29. The molecule has 0 spiro atoms. The average Bonchev–Trinajstić information content (AvgIpc) is 3.12. The van der Waals surface area contributed by atoms with Gasteiger partial charge < -0.3 is 39.8 Å². The first-order chi connectivity index (χ1) is 25.7. The van der Waals surface area contributed by atoms with Gasteiger partial charge in [0, 0.05) is 58.6 Å². The molecule has 0 aromatic rings. The van der Waals surface area contributed by atoms with Crippen LogP contribution < -0.4 is 0 Å². The number of rotatable bonds is 38. The molecule has 0 bridgehead atoms. The van der Waals surface area contributed by atoms with Gasteiger partial charge in [0.2, 0.25) is 0 Å². The Labute approximate surface area is 371 Å². The normalized spacial score (nSPS) is 15.1. The monoisotopic (exact) mass is 1020 g/mol. The second-order valence-corrected chi connectivity index (χ2v) is 39.0. The van der Waals surface area contributed by atoms with E-state index in [9.17, 15) is 0 Å².